The van der Waals surface area contributed by atoms with E-state index in [0.717, 1.165) is 12.8 Å². The number of aliphatic hydroxyl groups is 1. The van der Waals surface area contributed by atoms with Crippen LogP contribution in [0.25, 0.3) is 0 Å². The van der Waals surface area contributed by atoms with E-state index in [0.29, 0.717) is 31.8 Å². The summed E-state index contributed by atoms with van der Waals surface area (Å²) in [5.74, 6) is -0.316. The van der Waals surface area contributed by atoms with Crippen LogP contribution in [0.3, 0.4) is 0 Å². The Morgan fingerprint density at radius 3 is 2.57 bits per heavy atom. The smallest absolute Gasteiger partial charge is 0.409 e. The summed E-state index contributed by atoms with van der Waals surface area (Å²) < 4.78 is 18.0. The number of nitrogens with zero attached hydrogens (tertiary/aromatic N) is 1. The van der Waals surface area contributed by atoms with Crippen molar-refractivity contribution in [3.05, 3.63) is 35.6 Å². The third kappa shape index (κ3) is 4.91. The number of likely N-dealkylation sites (tertiary alicyclic amines) is 1. The van der Waals surface area contributed by atoms with E-state index < -0.39 is 5.60 Å². The zero-order valence-corrected chi connectivity index (χ0v) is 13.7. The molecule has 0 saturated carbocycles. The molecule has 5 nitrogen and oxygen atoms in total. The van der Waals surface area contributed by atoms with Crippen LogP contribution in [-0.2, 0) is 10.3 Å². The second-order valence-corrected chi connectivity index (χ2v) is 6.12. The van der Waals surface area contributed by atoms with Gasteiger partial charge in [-0.2, -0.15) is 0 Å². The minimum Gasteiger partial charge on any atom is -0.450 e. The van der Waals surface area contributed by atoms with E-state index in [-0.39, 0.29) is 18.0 Å². The zero-order chi connectivity index (χ0) is 16.9. The molecule has 0 spiro atoms. The van der Waals surface area contributed by atoms with Gasteiger partial charge >= 0.3 is 6.09 Å². The lowest BCUT2D eigenvalue weighted by molar-refractivity contribution is 0.0487. The Morgan fingerprint density at radius 1 is 1.39 bits per heavy atom. The van der Waals surface area contributed by atoms with Crippen molar-refractivity contribution in [1.82, 2.24) is 10.2 Å². The molecular weight excluding hydrogens is 299 g/mol. The minimum atomic E-state index is -1.06. The van der Waals surface area contributed by atoms with E-state index in [4.69, 9.17) is 4.74 Å². The molecule has 0 radical (unpaired) electrons. The molecule has 1 unspecified atom stereocenters. The Hall–Kier alpha value is -1.66. The van der Waals surface area contributed by atoms with Crippen molar-refractivity contribution < 1.29 is 19.0 Å². The number of hydrogen-bond acceptors (Lipinski definition) is 4. The number of carbonyl (C=O) groups excluding carboxylic acids is 1. The first-order chi connectivity index (χ1) is 10.9. The SMILES string of the molecule is CCOC(=O)N1CCC(NCC(C)(O)c2ccc(F)cc2)CC1. The number of nitrogens with one attached hydrogen (secondary N) is 1. The number of benzene rings is 1. The van der Waals surface area contributed by atoms with E-state index in [2.05, 4.69) is 5.32 Å². The number of ether oxygens (including phenoxy) is 1. The molecule has 1 atom stereocenters. The summed E-state index contributed by atoms with van der Waals surface area (Å²) in [6.45, 7) is 5.56. The first kappa shape index (κ1) is 17.7. The van der Waals surface area contributed by atoms with E-state index in [9.17, 15) is 14.3 Å². The van der Waals surface area contributed by atoms with Crippen molar-refractivity contribution in [2.24, 2.45) is 0 Å². The normalized spacial score (nSPS) is 18.5. The molecule has 1 aromatic carbocycles. The predicted octanol–water partition coefficient (Wildman–Crippen LogP) is 2.24. The fraction of sp³-hybridized carbons (Fsp3) is 0.588. The van der Waals surface area contributed by atoms with E-state index in [1.807, 2.05) is 0 Å². The fourth-order valence-corrected chi connectivity index (χ4v) is 2.74. The van der Waals surface area contributed by atoms with Gasteiger partial charge in [0.15, 0.2) is 0 Å². The first-order valence-electron chi connectivity index (χ1n) is 8.06. The molecular formula is C17H25FN2O3. The zero-order valence-electron chi connectivity index (χ0n) is 13.7. The van der Waals surface area contributed by atoms with Gasteiger partial charge in [0.25, 0.3) is 0 Å². The summed E-state index contributed by atoms with van der Waals surface area (Å²) in [7, 11) is 0. The molecule has 0 bridgehead atoms. The molecule has 2 rings (SSSR count). The molecule has 1 heterocycles. The van der Waals surface area contributed by atoms with Crippen LogP contribution in [0.2, 0.25) is 0 Å². The molecule has 128 valence electrons. The average molecular weight is 324 g/mol. The van der Waals surface area contributed by atoms with Crippen LogP contribution in [-0.4, -0.2) is 48.4 Å². The lowest BCUT2D eigenvalue weighted by Gasteiger charge is -2.34. The highest BCUT2D eigenvalue weighted by Crippen LogP contribution is 2.21. The maximum atomic E-state index is 13.0. The molecule has 1 aromatic rings. The van der Waals surface area contributed by atoms with Crippen LogP contribution in [0.5, 0.6) is 0 Å². The van der Waals surface area contributed by atoms with Crippen molar-refractivity contribution in [1.29, 1.82) is 0 Å². The van der Waals surface area contributed by atoms with Gasteiger partial charge in [0.1, 0.15) is 5.82 Å². The van der Waals surface area contributed by atoms with Crippen molar-refractivity contribution in [3.63, 3.8) is 0 Å². The molecule has 6 heteroatoms. The number of hydrogen-bond donors (Lipinski definition) is 2. The maximum Gasteiger partial charge on any atom is 0.409 e. The monoisotopic (exact) mass is 324 g/mol. The van der Waals surface area contributed by atoms with Gasteiger partial charge in [-0.15, -0.1) is 0 Å². The number of piperidine rings is 1. The average Bonchev–Trinajstić information content (AvgIpc) is 2.54. The topological polar surface area (TPSA) is 61.8 Å². The molecule has 1 fully saturated rings. The maximum absolute atomic E-state index is 13.0. The second kappa shape index (κ2) is 7.75. The number of halogens is 1. The molecule has 1 saturated heterocycles. The van der Waals surface area contributed by atoms with Gasteiger partial charge in [-0.05, 0) is 44.4 Å². The van der Waals surface area contributed by atoms with Crippen molar-refractivity contribution >= 4 is 6.09 Å². The number of carbonyl (C=O) groups is 1. The van der Waals surface area contributed by atoms with E-state index in [1.54, 1.807) is 30.9 Å². The van der Waals surface area contributed by atoms with Gasteiger partial charge in [-0.1, -0.05) is 12.1 Å². The van der Waals surface area contributed by atoms with Crippen molar-refractivity contribution in [2.75, 3.05) is 26.2 Å². The highest BCUT2D eigenvalue weighted by atomic mass is 19.1. The highest BCUT2D eigenvalue weighted by Gasteiger charge is 2.27. The van der Waals surface area contributed by atoms with Crippen LogP contribution in [0.4, 0.5) is 9.18 Å². The summed E-state index contributed by atoms with van der Waals surface area (Å²) >= 11 is 0. The summed E-state index contributed by atoms with van der Waals surface area (Å²) in [5, 5.41) is 13.9. The summed E-state index contributed by atoms with van der Waals surface area (Å²) in [5.41, 5.74) is -0.387. The Labute approximate surface area is 136 Å². The lowest BCUT2D eigenvalue weighted by Crippen LogP contribution is -2.48. The molecule has 23 heavy (non-hydrogen) atoms. The van der Waals surface area contributed by atoms with Crippen molar-refractivity contribution in [3.8, 4) is 0 Å². The quantitative estimate of drug-likeness (QED) is 0.872. The molecule has 1 aliphatic rings. The van der Waals surface area contributed by atoms with Crippen LogP contribution < -0.4 is 5.32 Å². The van der Waals surface area contributed by atoms with Gasteiger partial charge in [0, 0.05) is 25.7 Å². The fourth-order valence-electron chi connectivity index (χ4n) is 2.74. The third-order valence-corrected chi connectivity index (χ3v) is 4.22. The molecule has 0 aromatic heterocycles. The Kier molecular flexibility index (Phi) is 5.96. The van der Waals surface area contributed by atoms with Crippen LogP contribution >= 0.6 is 0 Å². The molecule has 2 N–H and O–H groups in total. The minimum absolute atomic E-state index is 0.243. The van der Waals surface area contributed by atoms with Crippen LogP contribution in [0.1, 0.15) is 32.3 Å². The van der Waals surface area contributed by atoms with Gasteiger partial charge in [-0.25, -0.2) is 9.18 Å². The van der Waals surface area contributed by atoms with Crippen LogP contribution in [0.15, 0.2) is 24.3 Å². The summed E-state index contributed by atoms with van der Waals surface area (Å²) in [6, 6.07) is 6.14. The predicted molar refractivity (Wildman–Crippen MR) is 85.6 cm³/mol. The number of rotatable bonds is 5. The van der Waals surface area contributed by atoms with E-state index >= 15 is 0 Å². The van der Waals surface area contributed by atoms with Gasteiger partial charge in [0.2, 0.25) is 0 Å². The second-order valence-electron chi connectivity index (χ2n) is 6.12. The highest BCUT2D eigenvalue weighted by molar-refractivity contribution is 5.67. The van der Waals surface area contributed by atoms with Crippen LogP contribution in [0, 0.1) is 5.82 Å². The van der Waals surface area contributed by atoms with Gasteiger partial charge < -0.3 is 20.1 Å². The van der Waals surface area contributed by atoms with Gasteiger partial charge in [-0.3, -0.25) is 0 Å². The van der Waals surface area contributed by atoms with E-state index in [1.165, 1.54) is 12.1 Å². The first-order valence-corrected chi connectivity index (χ1v) is 8.06. The standard InChI is InChI=1S/C17H25FN2O3/c1-3-23-16(21)20-10-8-15(9-11-20)19-12-17(2,22)13-4-6-14(18)7-5-13/h4-7,15,19,22H,3,8-12H2,1-2H3. The third-order valence-electron chi connectivity index (χ3n) is 4.22. The Bertz CT molecular complexity index is 511. The largest absolute Gasteiger partial charge is 0.450 e. The Balaban J connectivity index is 1.80. The molecule has 1 aliphatic heterocycles. The summed E-state index contributed by atoms with van der Waals surface area (Å²) in [4.78, 5) is 13.4. The molecule has 0 aliphatic carbocycles. The molecule has 1 amide bonds. The summed E-state index contributed by atoms with van der Waals surface area (Å²) in [6.07, 6.45) is 1.38. The lowest BCUT2D eigenvalue weighted by atomic mass is 9.95. The number of amides is 1. The van der Waals surface area contributed by atoms with Crippen molar-refractivity contribution in [2.45, 2.75) is 38.3 Å². The Morgan fingerprint density at radius 2 is 2.00 bits per heavy atom. The van der Waals surface area contributed by atoms with Gasteiger partial charge in [0.05, 0.1) is 12.2 Å².